The fourth-order valence-corrected chi connectivity index (χ4v) is 3.72. The molecule has 2 aromatic carbocycles. The highest BCUT2D eigenvalue weighted by atomic mass is 19.4. The maximum absolute atomic E-state index is 13.8. The topological polar surface area (TPSA) is 74.2 Å². The molecule has 1 atom stereocenters. The summed E-state index contributed by atoms with van der Waals surface area (Å²) in [6.45, 7) is 3.05. The van der Waals surface area contributed by atoms with E-state index in [9.17, 15) is 27.6 Å². The zero-order chi connectivity index (χ0) is 23.6. The molecule has 2 N–H and O–H groups in total. The number of carbonyl (C=O) groups is 1. The minimum Gasteiger partial charge on any atom is -0.495 e. The number of hydrogen-bond acceptors (Lipinski definition) is 4. The van der Waals surface area contributed by atoms with E-state index in [4.69, 9.17) is 4.74 Å². The minimum atomic E-state index is -4.89. The summed E-state index contributed by atoms with van der Waals surface area (Å²) in [5.41, 5.74) is -0.911. The Morgan fingerprint density at radius 1 is 1.16 bits per heavy atom. The fraction of sp³-hybridized carbons (Fsp3) is 0.217. The summed E-state index contributed by atoms with van der Waals surface area (Å²) in [5, 5.41) is 15.2. The monoisotopic (exact) mass is 445 g/mol. The molecule has 0 spiro atoms. The predicted molar refractivity (Wildman–Crippen MR) is 110 cm³/mol. The number of nitriles is 1. The largest absolute Gasteiger partial charge is 0.495 e. The van der Waals surface area contributed by atoms with Crippen molar-refractivity contribution in [2.75, 3.05) is 12.4 Å². The van der Waals surface area contributed by atoms with Gasteiger partial charge in [0, 0.05) is 17.0 Å². The van der Waals surface area contributed by atoms with Crippen molar-refractivity contribution in [3.63, 3.8) is 0 Å². The van der Waals surface area contributed by atoms with Crippen LogP contribution in [-0.4, -0.2) is 13.0 Å². The van der Waals surface area contributed by atoms with Gasteiger partial charge in [0.25, 0.3) is 5.91 Å². The molecule has 0 saturated heterocycles. The van der Waals surface area contributed by atoms with Crippen LogP contribution in [-0.2, 0) is 11.0 Å². The number of amides is 1. The second-order valence-corrected chi connectivity index (χ2v) is 7.13. The van der Waals surface area contributed by atoms with Gasteiger partial charge in [-0.05, 0) is 43.7 Å². The van der Waals surface area contributed by atoms with E-state index in [2.05, 4.69) is 10.6 Å². The van der Waals surface area contributed by atoms with Crippen molar-refractivity contribution >= 4 is 11.6 Å². The molecule has 0 saturated carbocycles. The van der Waals surface area contributed by atoms with Gasteiger partial charge in [0.15, 0.2) is 0 Å². The molecule has 0 fully saturated rings. The quantitative estimate of drug-likeness (QED) is 0.631. The molecule has 3 rings (SSSR count). The molecule has 9 heteroatoms. The molecular formula is C23H19F4N3O2. The number of alkyl halides is 3. The summed E-state index contributed by atoms with van der Waals surface area (Å²) >= 11 is 0. The van der Waals surface area contributed by atoms with Crippen LogP contribution in [0, 0.1) is 17.1 Å². The molecule has 1 aliphatic heterocycles. The van der Waals surface area contributed by atoms with Gasteiger partial charge in [-0.2, -0.15) is 18.4 Å². The molecule has 1 aliphatic rings. The van der Waals surface area contributed by atoms with Crippen LogP contribution in [0.25, 0.3) is 0 Å². The number of benzene rings is 2. The molecule has 32 heavy (non-hydrogen) atoms. The molecular weight excluding hydrogens is 426 g/mol. The average Bonchev–Trinajstić information content (AvgIpc) is 2.73. The number of dihydropyridines is 1. The van der Waals surface area contributed by atoms with Crippen molar-refractivity contribution in [1.29, 1.82) is 5.26 Å². The summed E-state index contributed by atoms with van der Waals surface area (Å²) in [7, 11) is 1.41. The Morgan fingerprint density at radius 3 is 2.47 bits per heavy atom. The lowest BCUT2D eigenvalue weighted by Crippen LogP contribution is -2.31. The van der Waals surface area contributed by atoms with Crippen molar-refractivity contribution in [2.24, 2.45) is 0 Å². The van der Waals surface area contributed by atoms with Crippen molar-refractivity contribution in [1.82, 2.24) is 5.32 Å². The summed E-state index contributed by atoms with van der Waals surface area (Å²) in [4.78, 5) is 13.3. The molecule has 2 aromatic rings. The molecule has 166 valence electrons. The van der Waals surface area contributed by atoms with E-state index in [1.165, 1.54) is 21.0 Å². The Kier molecular flexibility index (Phi) is 6.25. The Labute approximate surface area is 182 Å². The Hall–Kier alpha value is -3.80. The molecule has 1 unspecified atom stereocenters. The number of nitrogens with zero attached hydrogens (tertiary/aromatic N) is 1. The first-order valence-electron chi connectivity index (χ1n) is 9.48. The predicted octanol–water partition coefficient (Wildman–Crippen LogP) is 5.25. The molecule has 0 aliphatic carbocycles. The summed E-state index contributed by atoms with van der Waals surface area (Å²) < 4.78 is 60.2. The summed E-state index contributed by atoms with van der Waals surface area (Å²) in [6.07, 6.45) is -4.89. The van der Waals surface area contributed by atoms with E-state index >= 15 is 0 Å². The van der Waals surface area contributed by atoms with Crippen molar-refractivity contribution in [3.05, 3.63) is 81.9 Å². The first kappa shape index (κ1) is 22.9. The van der Waals surface area contributed by atoms with Gasteiger partial charge >= 0.3 is 6.18 Å². The van der Waals surface area contributed by atoms with Gasteiger partial charge in [-0.25, -0.2) is 4.39 Å². The summed E-state index contributed by atoms with van der Waals surface area (Å²) in [6, 6.07) is 10.6. The molecule has 0 radical (unpaired) electrons. The number of carbonyl (C=O) groups excluding carboxylic acids is 1. The standard InChI is InChI=1S/C23H19F4N3O2/c1-12-16(11-28)21(15-9-8-14(24)10-17(15)23(25,26)27)20(13(2)29-12)22(31)30-18-6-4-5-7-19(18)32-3/h4-10,21,29H,1-3H3,(H,30,31). The third kappa shape index (κ3) is 4.30. The number of ether oxygens (including phenoxy) is 1. The number of anilines is 1. The SMILES string of the molecule is COc1ccccc1NC(=O)C1=C(C)NC(C)=C(C#N)C1c1ccc(F)cc1C(F)(F)F. The van der Waals surface area contributed by atoms with Crippen LogP contribution in [0.15, 0.2) is 65.0 Å². The lowest BCUT2D eigenvalue weighted by atomic mass is 9.78. The number of para-hydroxylation sites is 2. The summed E-state index contributed by atoms with van der Waals surface area (Å²) in [5.74, 6) is -2.80. The Bertz CT molecular complexity index is 1180. The zero-order valence-corrected chi connectivity index (χ0v) is 17.4. The van der Waals surface area contributed by atoms with Crippen LogP contribution in [0.2, 0.25) is 0 Å². The Morgan fingerprint density at radius 2 is 1.84 bits per heavy atom. The second-order valence-electron chi connectivity index (χ2n) is 7.13. The molecule has 1 heterocycles. The lowest BCUT2D eigenvalue weighted by molar-refractivity contribution is -0.138. The van der Waals surface area contributed by atoms with E-state index in [1.807, 2.05) is 6.07 Å². The minimum absolute atomic E-state index is 0.0714. The van der Waals surface area contributed by atoms with Gasteiger partial charge in [-0.1, -0.05) is 18.2 Å². The van der Waals surface area contributed by atoms with Crippen LogP contribution < -0.4 is 15.4 Å². The van der Waals surface area contributed by atoms with Gasteiger partial charge in [0.2, 0.25) is 0 Å². The van der Waals surface area contributed by atoms with Gasteiger partial charge < -0.3 is 15.4 Å². The molecule has 0 aromatic heterocycles. The Balaban J connectivity index is 2.18. The van der Waals surface area contributed by atoms with Crippen molar-refractivity contribution < 1.29 is 27.1 Å². The second kappa shape index (κ2) is 8.75. The molecule has 1 amide bonds. The third-order valence-corrected chi connectivity index (χ3v) is 5.11. The highest BCUT2D eigenvalue weighted by Crippen LogP contribution is 2.44. The lowest BCUT2D eigenvalue weighted by Gasteiger charge is -2.30. The van der Waals surface area contributed by atoms with Gasteiger partial charge in [0.05, 0.1) is 35.9 Å². The van der Waals surface area contributed by atoms with Gasteiger partial charge in [-0.3, -0.25) is 4.79 Å². The van der Waals surface area contributed by atoms with Crippen LogP contribution in [0.5, 0.6) is 5.75 Å². The first-order valence-corrected chi connectivity index (χ1v) is 9.48. The maximum atomic E-state index is 13.8. The van der Waals surface area contributed by atoms with Crippen LogP contribution >= 0.6 is 0 Å². The highest BCUT2D eigenvalue weighted by Gasteiger charge is 2.41. The molecule has 5 nitrogen and oxygen atoms in total. The highest BCUT2D eigenvalue weighted by molar-refractivity contribution is 6.07. The number of hydrogen-bond donors (Lipinski definition) is 2. The third-order valence-electron chi connectivity index (χ3n) is 5.11. The van der Waals surface area contributed by atoms with Gasteiger partial charge in [-0.15, -0.1) is 0 Å². The maximum Gasteiger partial charge on any atom is 0.416 e. The smallest absolute Gasteiger partial charge is 0.416 e. The zero-order valence-electron chi connectivity index (χ0n) is 17.4. The van der Waals surface area contributed by atoms with Gasteiger partial charge in [0.1, 0.15) is 11.6 Å². The number of methoxy groups -OCH3 is 1. The van der Waals surface area contributed by atoms with Crippen LogP contribution in [0.3, 0.4) is 0 Å². The normalized spacial score (nSPS) is 16.4. The number of allylic oxidation sites excluding steroid dienone is 3. The van der Waals surface area contributed by atoms with E-state index in [0.717, 1.165) is 12.1 Å². The van der Waals surface area contributed by atoms with E-state index in [-0.39, 0.29) is 22.4 Å². The molecule has 0 bridgehead atoms. The van der Waals surface area contributed by atoms with Crippen molar-refractivity contribution in [2.45, 2.75) is 25.9 Å². The number of nitrogens with one attached hydrogen (secondary N) is 2. The van der Waals surface area contributed by atoms with E-state index < -0.39 is 29.4 Å². The first-order chi connectivity index (χ1) is 15.1. The fourth-order valence-electron chi connectivity index (χ4n) is 3.72. The van der Waals surface area contributed by atoms with Crippen LogP contribution in [0.4, 0.5) is 23.2 Å². The number of rotatable bonds is 4. The van der Waals surface area contributed by atoms with E-state index in [1.54, 1.807) is 24.3 Å². The van der Waals surface area contributed by atoms with E-state index in [0.29, 0.717) is 23.2 Å². The number of halogens is 4. The average molecular weight is 445 g/mol. The van der Waals surface area contributed by atoms with Crippen molar-refractivity contribution in [3.8, 4) is 11.8 Å². The van der Waals surface area contributed by atoms with Crippen LogP contribution in [0.1, 0.15) is 30.9 Å².